The molecule has 160 valence electrons. The molecule has 28 heavy (non-hydrogen) atoms. The number of hydrogen-bond donors (Lipinski definition) is 1. The van der Waals surface area contributed by atoms with Crippen molar-refractivity contribution in [3.05, 3.63) is 17.7 Å². The highest BCUT2D eigenvalue weighted by molar-refractivity contribution is 14.0. The van der Waals surface area contributed by atoms with Crippen LogP contribution in [0.4, 0.5) is 0 Å². The van der Waals surface area contributed by atoms with Crippen molar-refractivity contribution in [2.45, 2.75) is 32.6 Å². The van der Waals surface area contributed by atoms with E-state index in [9.17, 15) is 0 Å². The Morgan fingerprint density at radius 1 is 1.21 bits per heavy atom. The molecule has 0 saturated carbocycles. The fourth-order valence-electron chi connectivity index (χ4n) is 3.14. The van der Waals surface area contributed by atoms with Gasteiger partial charge in [0.1, 0.15) is 0 Å². The minimum Gasteiger partial charge on any atom is -0.493 e. The number of halogens is 1. The highest BCUT2D eigenvalue weighted by Crippen LogP contribution is 2.40. The molecule has 1 heterocycles. The van der Waals surface area contributed by atoms with Crippen LogP contribution in [0.2, 0.25) is 0 Å². The fraction of sp³-hybridized carbons (Fsp3) is 0.650. The minimum atomic E-state index is 0. The molecule has 1 aliphatic heterocycles. The average Bonchev–Trinajstić information content (AvgIpc) is 2.70. The summed E-state index contributed by atoms with van der Waals surface area (Å²) in [7, 11) is 4.89. The van der Waals surface area contributed by atoms with Crippen molar-refractivity contribution < 1.29 is 14.2 Å². The number of nitrogens with one attached hydrogen (secondary N) is 1. The van der Waals surface area contributed by atoms with Crippen molar-refractivity contribution in [1.29, 1.82) is 0 Å². The summed E-state index contributed by atoms with van der Waals surface area (Å²) < 4.78 is 16.4. The zero-order valence-electron chi connectivity index (χ0n) is 17.8. The van der Waals surface area contributed by atoms with Crippen LogP contribution in [-0.2, 0) is 6.54 Å². The molecule has 1 atom stereocenters. The summed E-state index contributed by atoms with van der Waals surface area (Å²) >= 11 is 2.07. The van der Waals surface area contributed by atoms with Crippen LogP contribution < -0.4 is 19.5 Å². The van der Waals surface area contributed by atoms with Crippen LogP contribution in [0.3, 0.4) is 0 Å². The second kappa shape index (κ2) is 12.5. The first-order valence-electron chi connectivity index (χ1n) is 9.48. The van der Waals surface area contributed by atoms with E-state index < -0.39 is 0 Å². The van der Waals surface area contributed by atoms with E-state index >= 15 is 0 Å². The topological polar surface area (TPSA) is 55.3 Å². The molecule has 1 aliphatic rings. The molecular weight excluding hydrogens is 489 g/mol. The van der Waals surface area contributed by atoms with Crippen LogP contribution in [-0.4, -0.2) is 62.8 Å². The van der Waals surface area contributed by atoms with Crippen molar-refractivity contribution in [1.82, 2.24) is 10.2 Å². The number of guanidine groups is 1. The summed E-state index contributed by atoms with van der Waals surface area (Å²) in [6.07, 6.45) is 0. The fourth-order valence-corrected chi connectivity index (χ4v) is 4.44. The zero-order chi connectivity index (χ0) is 19.8. The lowest BCUT2D eigenvalue weighted by Crippen LogP contribution is -2.49. The lowest BCUT2D eigenvalue weighted by atomic mass is 10.1. The van der Waals surface area contributed by atoms with Crippen molar-refractivity contribution in [2.75, 3.05) is 46.7 Å². The van der Waals surface area contributed by atoms with Gasteiger partial charge in [-0.2, -0.15) is 11.8 Å². The molecule has 1 aromatic rings. The summed E-state index contributed by atoms with van der Waals surface area (Å²) in [5.41, 5.74) is 0.970. The van der Waals surface area contributed by atoms with Crippen LogP contribution >= 0.6 is 35.7 Å². The van der Waals surface area contributed by atoms with E-state index in [2.05, 4.69) is 42.7 Å². The molecule has 1 N–H and O–H groups in total. The molecule has 0 aliphatic carbocycles. The Bertz CT molecular complexity index is 643. The van der Waals surface area contributed by atoms with E-state index in [0.29, 0.717) is 35.0 Å². The standard InChI is InChI=1S/C20H33N3O3S.HI/c1-7-21-20(23-10-11-27-17(13-23)14(2)3)22-12-15-8-9-16(24-4)19(26-6)18(15)25-5;/h8-9,14,17H,7,10-13H2,1-6H3,(H,21,22);1H. The highest BCUT2D eigenvalue weighted by Gasteiger charge is 2.25. The van der Waals surface area contributed by atoms with E-state index in [1.54, 1.807) is 21.3 Å². The molecule has 0 bridgehead atoms. The second-order valence-corrected chi connectivity index (χ2v) is 8.11. The van der Waals surface area contributed by atoms with Gasteiger partial charge in [-0.3, -0.25) is 0 Å². The number of benzene rings is 1. The third-order valence-corrected chi connectivity index (χ3v) is 6.20. The van der Waals surface area contributed by atoms with Crippen LogP contribution in [0.15, 0.2) is 17.1 Å². The first-order chi connectivity index (χ1) is 13.0. The SMILES string of the molecule is CCNC(=NCc1ccc(OC)c(OC)c1OC)N1CCSC(C(C)C)C1.I. The molecule has 1 saturated heterocycles. The second-order valence-electron chi connectivity index (χ2n) is 6.76. The van der Waals surface area contributed by atoms with Crippen molar-refractivity contribution in [2.24, 2.45) is 10.9 Å². The van der Waals surface area contributed by atoms with Gasteiger partial charge in [-0.25, -0.2) is 4.99 Å². The Morgan fingerprint density at radius 3 is 2.50 bits per heavy atom. The number of methoxy groups -OCH3 is 3. The molecule has 8 heteroatoms. The summed E-state index contributed by atoms with van der Waals surface area (Å²) in [5, 5.41) is 4.08. The summed E-state index contributed by atoms with van der Waals surface area (Å²) in [6.45, 7) is 10.1. The number of thioether (sulfide) groups is 1. The smallest absolute Gasteiger partial charge is 0.203 e. The van der Waals surface area contributed by atoms with E-state index in [-0.39, 0.29) is 24.0 Å². The monoisotopic (exact) mass is 523 g/mol. The third kappa shape index (κ3) is 6.23. The van der Waals surface area contributed by atoms with Crippen LogP contribution in [0, 0.1) is 5.92 Å². The van der Waals surface area contributed by atoms with Crippen LogP contribution in [0.25, 0.3) is 0 Å². The van der Waals surface area contributed by atoms with Gasteiger partial charge in [0.25, 0.3) is 0 Å². The molecule has 0 spiro atoms. The van der Waals surface area contributed by atoms with Gasteiger partial charge >= 0.3 is 0 Å². The van der Waals surface area contributed by atoms with Gasteiger partial charge in [0.05, 0.1) is 27.9 Å². The molecular formula is C20H34IN3O3S. The summed E-state index contributed by atoms with van der Waals surface area (Å²) in [4.78, 5) is 7.26. The van der Waals surface area contributed by atoms with E-state index in [1.165, 1.54) is 0 Å². The number of nitrogens with zero attached hydrogens (tertiary/aromatic N) is 2. The number of rotatable bonds is 7. The summed E-state index contributed by atoms with van der Waals surface area (Å²) in [5.74, 6) is 4.68. The van der Waals surface area contributed by atoms with Gasteiger partial charge in [0.15, 0.2) is 17.5 Å². The van der Waals surface area contributed by atoms with Gasteiger partial charge in [0.2, 0.25) is 5.75 Å². The van der Waals surface area contributed by atoms with Gasteiger partial charge in [-0.05, 0) is 25.0 Å². The molecule has 0 radical (unpaired) electrons. The number of hydrogen-bond acceptors (Lipinski definition) is 5. The van der Waals surface area contributed by atoms with Crippen molar-refractivity contribution >= 4 is 41.7 Å². The van der Waals surface area contributed by atoms with E-state index in [1.807, 2.05) is 12.1 Å². The largest absolute Gasteiger partial charge is 0.493 e. The molecule has 6 nitrogen and oxygen atoms in total. The molecule has 1 fully saturated rings. The maximum absolute atomic E-state index is 5.58. The normalized spacial score (nSPS) is 17.2. The predicted octanol–water partition coefficient (Wildman–Crippen LogP) is 3.87. The number of ether oxygens (including phenoxy) is 3. The lowest BCUT2D eigenvalue weighted by Gasteiger charge is -2.36. The first kappa shape index (κ1) is 25.0. The van der Waals surface area contributed by atoms with Gasteiger partial charge in [-0.15, -0.1) is 24.0 Å². The predicted molar refractivity (Wildman–Crippen MR) is 129 cm³/mol. The Balaban J connectivity index is 0.00000392. The number of aliphatic imine (C=N–C) groups is 1. The molecule has 0 aromatic heterocycles. The van der Waals surface area contributed by atoms with Crippen molar-refractivity contribution in [3.8, 4) is 17.2 Å². The van der Waals surface area contributed by atoms with Gasteiger partial charge < -0.3 is 24.4 Å². The Kier molecular flexibility index (Phi) is 11.2. The third-order valence-electron chi connectivity index (χ3n) is 4.66. The maximum Gasteiger partial charge on any atom is 0.203 e. The molecule has 0 amide bonds. The molecule has 2 rings (SSSR count). The van der Waals surface area contributed by atoms with E-state index in [0.717, 1.165) is 36.9 Å². The van der Waals surface area contributed by atoms with Gasteiger partial charge in [0, 0.05) is 36.2 Å². The first-order valence-corrected chi connectivity index (χ1v) is 10.5. The Morgan fingerprint density at radius 2 is 1.93 bits per heavy atom. The van der Waals surface area contributed by atoms with Crippen molar-refractivity contribution in [3.63, 3.8) is 0 Å². The Labute approximate surface area is 190 Å². The van der Waals surface area contributed by atoms with Crippen LogP contribution in [0.1, 0.15) is 26.3 Å². The summed E-state index contributed by atoms with van der Waals surface area (Å²) in [6, 6.07) is 3.88. The average molecular weight is 523 g/mol. The molecule has 1 unspecified atom stereocenters. The maximum atomic E-state index is 5.58. The zero-order valence-corrected chi connectivity index (χ0v) is 20.9. The minimum absolute atomic E-state index is 0. The van der Waals surface area contributed by atoms with E-state index in [4.69, 9.17) is 19.2 Å². The Hall–Kier alpha value is -1.03. The molecule has 1 aromatic carbocycles. The quantitative estimate of drug-likeness (QED) is 0.333. The highest BCUT2D eigenvalue weighted by atomic mass is 127. The lowest BCUT2D eigenvalue weighted by molar-refractivity contribution is 0.322. The van der Waals surface area contributed by atoms with Gasteiger partial charge in [-0.1, -0.05) is 13.8 Å². The van der Waals surface area contributed by atoms with Crippen LogP contribution in [0.5, 0.6) is 17.2 Å².